The molecule has 168 valence electrons. The van der Waals surface area contributed by atoms with Gasteiger partial charge in [0.25, 0.3) is 5.91 Å². The lowest BCUT2D eigenvalue weighted by molar-refractivity contribution is 0.0950. The summed E-state index contributed by atoms with van der Waals surface area (Å²) >= 11 is 5.97. The van der Waals surface area contributed by atoms with Crippen molar-refractivity contribution in [2.24, 2.45) is 5.10 Å². The van der Waals surface area contributed by atoms with Crippen LogP contribution < -0.4 is 15.9 Å². The highest BCUT2D eigenvalue weighted by atomic mass is 35.5. The summed E-state index contributed by atoms with van der Waals surface area (Å²) in [5.41, 5.74) is 9.95. The SMILES string of the molecule is CCCOc1ccc(-c2c(C(=O)N/N=C\c3cccc(Cl)c3)nnn2-c2nonc2N)cc1. The standard InChI is InChI=1S/C21H19ClN8O3/c1-2-10-32-16-8-6-14(7-9-16)18-17(25-29-30(18)20-19(23)27-33-28-20)21(31)26-24-12-13-4-3-5-15(22)11-13/h3-9,11-12H,2,10H2,1H3,(H2,23,27)(H,26,31)/b24-12-. The molecular weight excluding hydrogens is 448 g/mol. The third kappa shape index (κ3) is 4.99. The number of hydrogen-bond acceptors (Lipinski definition) is 9. The second-order valence-corrected chi connectivity index (χ2v) is 7.23. The highest BCUT2D eigenvalue weighted by molar-refractivity contribution is 6.30. The molecule has 0 atom stereocenters. The zero-order valence-corrected chi connectivity index (χ0v) is 18.2. The fourth-order valence-corrected chi connectivity index (χ4v) is 3.11. The number of nitrogens with zero attached hydrogens (tertiary/aromatic N) is 6. The van der Waals surface area contributed by atoms with Crippen LogP contribution in [0.25, 0.3) is 17.1 Å². The third-order valence-electron chi connectivity index (χ3n) is 4.41. The molecule has 2 aromatic carbocycles. The molecule has 0 saturated carbocycles. The van der Waals surface area contributed by atoms with Crippen LogP contribution in [-0.4, -0.2) is 44.0 Å². The Morgan fingerprint density at radius 3 is 2.79 bits per heavy atom. The van der Waals surface area contributed by atoms with Gasteiger partial charge in [-0.15, -0.1) is 5.10 Å². The van der Waals surface area contributed by atoms with Crippen molar-refractivity contribution in [1.29, 1.82) is 0 Å². The van der Waals surface area contributed by atoms with E-state index in [1.54, 1.807) is 48.5 Å². The van der Waals surface area contributed by atoms with E-state index in [-0.39, 0.29) is 17.3 Å². The smallest absolute Gasteiger partial charge is 0.294 e. The molecular formula is C21H19ClN8O3. The van der Waals surface area contributed by atoms with E-state index in [2.05, 4.69) is 35.8 Å². The lowest BCUT2D eigenvalue weighted by atomic mass is 10.1. The van der Waals surface area contributed by atoms with Crippen LogP contribution in [-0.2, 0) is 0 Å². The second kappa shape index (κ2) is 9.92. The van der Waals surface area contributed by atoms with E-state index in [4.69, 9.17) is 22.1 Å². The quantitative estimate of drug-likeness (QED) is 0.297. The van der Waals surface area contributed by atoms with E-state index in [1.165, 1.54) is 10.9 Å². The number of anilines is 1. The number of ether oxygens (including phenoxy) is 1. The van der Waals surface area contributed by atoms with E-state index in [0.29, 0.717) is 28.6 Å². The summed E-state index contributed by atoms with van der Waals surface area (Å²) in [6.07, 6.45) is 2.35. The van der Waals surface area contributed by atoms with Gasteiger partial charge in [0, 0.05) is 10.6 Å². The minimum atomic E-state index is -0.587. The summed E-state index contributed by atoms with van der Waals surface area (Å²) in [6.45, 7) is 2.62. The van der Waals surface area contributed by atoms with E-state index in [9.17, 15) is 4.79 Å². The Labute approximate surface area is 193 Å². The normalized spacial score (nSPS) is 11.1. The largest absolute Gasteiger partial charge is 0.494 e. The molecule has 0 radical (unpaired) electrons. The number of hydrogen-bond donors (Lipinski definition) is 2. The minimum Gasteiger partial charge on any atom is -0.494 e. The van der Waals surface area contributed by atoms with Crippen LogP contribution in [0.15, 0.2) is 58.3 Å². The number of halogens is 1. The molecule has 3 N–H and O–H groups in total. The number of nitrogen functional groups attached to an aromatic ring is 1. The molecule has 0 aliphatic heterocycles. The number of nitrogens with one attached hydrogen (secondary N) is 1. The number of aromatic nitrogens is 5. The molecule has 0 bridgehead atoms. The summed E-state index contributed by atoms with van der Waals surface area (Å²) in [7, 11) is 0. The van der Waals surface area contributed by atoms with Crippen LogP contribution in [0.4, 0.5) is 5.82 Å². The van der Waals surface area contributed by atoms with Crippen molar-refractivity contribution in [2.75, 3.05) is 12.3 Å². The van der Waals surface area contributed by atoms with Crippen molar-refractivity contribution in [3.8, 4) is 22.8 Å². The monoisotopic (exact) mass is 466 g/mol. The highest BCUT2D eigenvalue weighted by Crippen LogP contribution is 2.28. The first kappa shape index (κ1) is 22.0. The zero-order valence-electron chi connectivity index (χ0n) is 17.5. The minimum absolute atomic E-state index is 0.00266. The Bertz CT molecular complexity index is 1280. The van der Waals surface area contributed by atoms with Crippen molar-refractivity contribution < 1.29 is 14.2 Å². The van der Waals surface area contributed by atoms with Gasteiger partial charge in [0.15, 0.2) is 5.69 Å². The maximum absolute atomic E-state index is 12.9. The molecule has 4 aromatic rings. The van der Waals surface area contributed by atoms with Crippen LogP contribution in [0, 0.1) is 0 Å². The van der Waals surface area contributed by atoms with Gasteiger partial charge in [-0.2, -0.15) is 9.78 Å². The van der Waals surface area contributed by atoms with Crippen molar-refractivity contribution in [3.05, 3.63) is 64.8 Å². The molecule has 0 saturated heterocycles. The van der Waals surface area contributed by atoms with E-state index < -0.39 is 5.91 Å². The molecule has 0 fully saturated rings. The van der Waals surface area contributed by atoms with Gasteiger partial charge in [-0.1, -0.05) is 35.9 Å². The molecule has 0 aliphatic rings. The fraction of sp³-hybridized carbons (Fsp3) is 0.143. The average molecular weight is 467 g/mol. The summed E-state index contributed by atoms with van der Waals surface area (Å²) in [4.78, 5) is 12.9. The van der Waals surface area contributed by atoms with E-state index in [0.717, 1.165) is 12.0 Å². The number of nitrogens with two attached hydrogens (primary N) is 1. The molecule has 0 spiro atoms. The predicted molar refractivity (Wildman–Crippen MR) is 121 cm³/mol. The Morgan fingerprint density at radius 1 is 1.27 bits per heavy atom. The van der Waals surface area contributed by atoms with Crippen LogP contribution in [0.1, 0.15) is 29.4 Å². The lowest BCUT2D eigenvalue weighted by Gasteiger charge is -2.08. The first-order valence-electron chi connectivity index (χ1n) is 9.93. The first-order chi connectivity index (χ1) is 16.1. The number of benzene rings is 2. The molecule has 12 heteroatoms. The lowest BCUT2D eigenvalue weighted by Crippen LogP contribution is -2.19. The van der Waals surface area contributed by atoms with Crippen molar-refractivity contribution in [2.45, 2.75) is 13.3 Å². The Hall–Kier alpha value is -4.25. The number of carbonyl (C=O) groups is 1. The number of rotatable bonds is 8. The molecule has 0 aliphatic carbocycles. The van der Waals surface area contributed by atoms with Gasteiger partial charge in [-0.05, 0) is 58.7 Å². The Balaban J connectivity index is 1.66. The van der Waals surface area contributed by atoms with Crippen molar-refractivity contribution in [3.63, 3.8) is 0 Å². The van der Waals surface area contributed by atoms with Gasteiger partial charge in [0.05, 0.1) is 12.8 Å². The first-order valence-corrected chi connectivity index (χ1v) is 10.3. The maximum Gasteiger partial charge on any atom is 0.294 e. The van der Waals surface area contributed by atoms with Gasteiger partial charge in [0.2, 0.25) is 11.6 Å². The van der Waals surface area contributed by atoms with Gasteiger partial charge >= 0.3 is 0 Å². The van der Waals surface area contributed by atoms with Gasteiger partial charge < -0.3 is 10.5 Å². The Morgan fingerprint density at radius 2 is 2.09 bits per heavy atom. The van der Waals surface area contributed by atoms with Gasteiger partial charge in [-0.25, -0.2) is 10.1 Å². The number of carbonyl (C=O) groups excluding carboxylic acids is 1. The average Bonchev–Trinajstić information content (AvgIpc) is 3.44. The Kier molecular flexibility index (Phi) is 6.60. The van der Waals surface area contributed by atoms with E-state index >= 15 is 0 Å². The molecule has 1 amide bonds. The van der Waals surface area contributed by atoms with Gasteiger partial charge in [0.1, 0.15) is 11.4 Å². The van der Waals surface area contributed by atoms with Crippen LogP contribution >= 0.6 is 11.6 Å². The number of amides is 1. The number of hydrazone groups is 1. The van der Waals surface area contributed by atoms with Crippen LogP contribution in [0.3, 0.4) is 0 Å². The highest BCUT2D eigenvalue weighted by Gasteiger charge is 2.25. The molecule has 33 heavy (non-hydrogen) atoms. The molecule has 0 unspecified atom stereocenters. The fourth-order valence-electron chi connectivity index (χ4n) is 2.91. The molecule has 2 aromatic heterocycles. The summed E-state index contributed by atoms with van der Waals surface area (Å²) in [6, 6.07) is 14.1. The van der Waals surface area contributed by atoms with Gasteiger partial charge in [-0.3, -0.25) is 4.79 Å². The van der Waals surface area contributed by atoms with Crippen LogP contribution in [0.2, 0.25) is 5.02 Å². The van der Waals surface area contributed by atoms with E-state index in [1.807, 2.05) is 6.92 Å². The maximum atomic E-state index is 12.9. The summed E-state index contributed by atoms with van der Waals surface area (Å²) in [5.74, 6) is 0.204. The second-order valence-electron chi connectivity index (χ2n) is 6.80. The van der Waals surface area contributed by atoms with Crippen LogP contribution in [0.5, 0.6) is 5.75 Å². The summed E-state index contributed by atoms with van der Waals surface area (Å²) in [5, 5.41) is 19.9. The zero-order chi connectivity index (χ0) is 23.2. The molecule has 2 heterocycles. The third-order valence-corrected chi connectivity index (χ3v) is 4.65. The molecule has 4 rings (SSSR count). The van der Waals surface area contributed by atoms with Crippen molar-refractivity contribution in [1.82, 2.24) is 30.7 Å². The predicted octanol–water partition coefficient (Wildman–Crippen LogP) is 3.11. The topological polar surface area (TPSA) is 146 Å². The van der Waals surface area contributed by atoms with Crippen molar-refractivity contribution >= 4 is 29.5 Å². The molecule has 11 nitrogen and oxygen atoms in total. The summed E-state index contributed by atoms with van der Waals surface area (Å²) < 4.78 is 11.6.